The number of nitrogens with two attached hydrogens (primary N) is 1. The number of aromatic nitrogens is 1. The topological polar surface area (TPSA) is 77.3 Å². The standard InChI is InChI=1S/C12H14N2O3/c1-6-11(12(13)15)7-4-9(16-2)10(17-3)5-8(7)14-6/h4-5,14H,1-3H3,(H2,13,15). The average molecular weight is 234 g/mol. The molecule has 5 nitrogen and oxygen atoms in total. The van der Waals surface area contributed by atoms with Crippen LogP contribution in [0.15, 0.2) is 12.1 Å². The van der Waals surface area contributed by atoms with Crippen molar-refractivity contribution in [2.24, 2.45) is 5.73 Å². The van der Waals surface area contributed by atoms with Crippen LogP contribution in [-0.4, -0.2) is 25.1 Å². The van der Waals surface area contributed by atoms with Gasteiger partial charge in [-0.3, -0.25) is 4.79 Å². The van der Waals surface area contributed by atoms with Crippen LogP contribution < -0.4 is 15.2 Å². The van der Waals surface area contributed by atoms with Crippen LogP contribution in [0.25, 0.3) is 10.9 Å². The van der Waals surface area contributed by atoms with E-state index < -0.39 is 5.91 Å². The Hall–Kier alpha value is -2.17. The monoisotopic (exact) mass is 234 g/mol. The molecule has 0 spiro atoms. The SMILES string of the molecule is COc1cc2[nH]c(C)c(C(N)=O)c2cc1OC. The summed E-state index contributed by atoms with van der Waals surface area (Å²) in [6.07, 6.45) is 0. The van der Waals surface area contributed by atoms with Crippen molar-refractivity contribution < 1.29 is 14.3 Å². The summed E-state index contributed by atoms with van der Waals surface area (Å²) in [6, 6.07) is 3.53. The van der Waals surface area contributed by atoms with Gasteiger partial charge >= 0.3 is 0 Å². The minimum absolute atomic E-state index is 0.457. The first kappa shape index (κ1) is 11.3. The van der Waals surface area contributed by atoms with Gasteiger partial charge in [-0.15, -0.1) is 0 Å². The number of aromatic amines is 1. The summed E-state index contributed by atoms with van der Waals surface area (Å²) in [5.41, 5.74) is 7.38. The van der Waals surface area contributed by atoms with Crippen LogP contribution in [0.5, 0.6) is 11.5 Å². The van der Waals surface area contributed by atoms with Crippen LogP contribution in [0.3, 0.4) is 0 Å². The summed E-state index contributed by atoms with van der Waals surface area (Å²) in [5.74, 6) is 0.722. The van der Waals surface area contributed by atoms with Crippen molar-refractivity contribution in [1.82, 2.24) is 4.98 Å². The molecule has 1 aromatic heterocycles. The van der Waals surface area contributed by atoms with Gasteiger partial charge in [0.25, 0.3) is 5.91 Å². The van der Waals surface area contributed by atoms with Crippen LogP contribution in [-0.2, 0) is 0 Å². The predicted octanol–water partition coefficient (Wildman–Crippen LogP) is 1.59. The van der Waals surface area contributed by atoms with Crippen molar-refractivity contribution >= 4 is 16.8 Å². The Balaban J connectivity index is 2.79. The van der Waals surface area contributed by atoms with Crippen molar-refractivity contribution in [3.05, 3.63) is 23.4 Å². The second-order valence-electron chi connectivity index (χ2n) is 3.74. The van der Waals surface area contributed by atoms with Gasteiger partial charge in [0.2, 0.25) is 0 Å². The lowest BCUT2D eigenvalue weighted by Crippen LogP contribution is -2.11. The molecule has 0 atom stereocenters. The fraction of sp³-hybridized carbons (Fsp3) is 0.250. The lowest BCUT2D eigenvalue weighted by Gasteiger charge is -2.07. The zero-order valence-electron chi connectivity index (χ0n) is 9.96. The lowest BCUT2D eigenvalue weighted by molar-refractivity contribution is 0.100. The van der Waals surface area contributed by atoms with Gasteiger partial charge in [0.1, 0.15) is 0 Å². The molecule has 17 heavy (non-hydrogen) atoms. The Kier molecular flexibility index (Phi) is 2.67. The van der Waals surface area contributed by atoms with Crippen LogP contribution in [0, 0.1) is 6.92 Å². The number of ether oxygens (including phenoxy) is 2. The van der Waals surface area contributed by atoms with Gasteiger partial charge in [0.05, 0.1) is 25.3 Å². The first-order chi connectivity index (χ1) is 8.08. The maximum Gasteiger partial charge on any atom is 0.251 e. The van der Waals surface area contributed by atoms with E-state index in [0.717, 1.165) is 16.6 Å². The molecule has 0 saturated carbocycles. The largest absolute Gasteiger partial charge is 0.493 e. The van der Waals surface area contributed by atoms with Crippen LogP contribution >= 0.6 is 0 Å². The van der Waals surface area contributed by atoms with Gasteiger partial charge in [-0.25, -0.2) is 0 Å². The molecule has 0 aliphatic heterocycles. The first-order valence-corrected chi connectivity index (χ1v) is 5.12. The normalized spacial score (nSPS) is 10.5. The first-order valence-electron chi connectivity index (χ1n) is 5.12. The third kappa shape index (κ3) is 1.69. The van der Waals surface area contributed by atoms with Crippen molar-refractivity contribution in [3.8, 4) is 11.5 Å². The fourth-order valence-electron chi connectivity index (χ4n) is 1.97. The molecule has 0 radical (unpaired) electrons. The summed E-state index contributed by atoms with van der Waals surface area (Å²) in [4.78, 5) is 14.5. The zero-order valence-corrected chi connectivity index (χ0v) is 9.96. The molecule has 0 fully saturated rings. The van der Waals surface area contributed by atoms with Gasteiger partial charge < -0.3 is 20.2 Å². The molecule has 1 amide bonds. The van der Waals surface area contributed by atoms with Gasteiger partial charge in [0.15, 0.2) is 11.5 Å². The molecule has 0 saturated heterocycles. The van der Waals surface area contributed by atoms with E-state index in [-0.39, 0.29) is 0 Å². The van der Waals surface area contributed by atoms with E-state index >= 15 is 0 Å². The van der Waals surface area contributed by atoms with Crippen LogP contribution in [0.2, 0.25) is 0 Å². The highest BCUT2D eigenvalue weighted by Gasteiger charge is 2.16. The number of fused-ring (bicyclic) bond motifs is 1. The number of primary amides is 1. The Labute approximate surface area is 98.5 Å². The van der Waals surface area contributed by atoms with Gasteiger partial charge in [-0.2, -0.15) is 0 Å². The van der Waals surface area contributed by atoms with Crippen LogP contribution in [0.4, 0.5) is 0 Å². The lowest BCUT2D eigenvalue weighted by atomic mass is 10.1. The van der Waals surface area contributed by atoms with Crippen molar-refractivity contribution in [2.45, 2.75) is 6.92 Å². The minimum Gasteiger partial charge on any atom is -0.493 e. The van der Waals surface area contributed by atoms with Crippen molar-refractivity contribution in [2.75, 3.05) is 14.2 Å². The second-order valence-corrected chi connectivity index (χ2v) is 3.74. The number of methoxy groups -OCH3 is 2. The summed E-state index contributed by atoms with van der Waals surface area (Å²) >= 11 is 0. The number of rotatable bonds is 3. The van der Waals surface area contributed by atoms with E-state index in [9.17, 15) is 4.79 Å². The van der Waals surface area contributed by atoms with Gasteiger partial charge in [-0.05, 0) is 13.0 Å². The highest BCUT2D eigenvalue weighted by Crippen LogP contribution is 2.34. The van der Waals surface area contributed by atoms with Gasteiger partial charge in [0, 0.05) is 17.1 Å². The molecule has 0 unspecified atom stereocenters. The predicted molar refractivity (Wildman–Crippen MR) is 64.7 cm³/mol. The summed E-state index contributed by atoms with van der Waals surface area (Å²) in [6.45, 7) is 1.80. The molecule has 1 heterocycles. The number of nitrogens with one attached hydrogen (secondary N) is 1. The van der Waals surface area contributed by atoms with Crippen molar-refractivity contribution in [3.63, 3.8) is 0 Å². The van der Waals surface area contributed by atoms with E-state index in [4.69, 9.17) is 15.2 Å². The molecular formula is C12H14N2O3. The van der Waals surface area contributed by atoms with E-state index in [0.29, 0.717) is 17.1 Å². The maximum absolute atomic E-state index is 11.4. The van der Waals surface area contributed by atoms with E-state index in [2.05, 4.69) is 4.98 Å². The van der Waals surface area contributed by atoms with E-state index in [1.54, 1.807) is 33.3 Å². The third-order valence-electron chi connectivity index (χ3n) is 2.74. The summed E-state index contributed by atoms with van der Waals surface area (Å²) in [7, 11) is 3.11. The number of amides is 1. The number of carbonyl (C=O) groups excluding carboxylic acids is 1. The summed E-state index contributed by atoms with van der Waals surface area (Å²) in [5, 5.41) is 0.743. The number of benzene rings is 1. The van der Waals surface area contributed by atoms with Gasteiger partial charge in [-0.1, -0.05) is 0 Å². The molecule has 0 aliphatic rings. The quantitative estimate of drug-likeness (QED) is 0.846. The van der Waals surface area contributed by atoms with E-state index in [1.165, 1.54) is 0 Å². The smallest absolute Gasteiger partial charge is 0.251 e. The zero-order chi connectivity index (χ0) is 12.6. The molecule has 0 bridgehead atoms. The summed E-state index contributed by atoms with van der Waals surface area (Å²) < 4.78 is 10.4. The van der Waals surface area contributed by atoms with E-state index in [1.807, 2.05) is 0 Å². The fourth-order valence-corrected chi connectivity index (χ4v) is 1.97. The number of hydrogen-bond acceptors (Lipinski definition) is 3. The maximum atomic E-state index is 11.4. The number of aryl methyl sites for hydroxylation is 1. The number of hydrogen-bond donors (Lipinski definition) is 2. The highest BCUT2D eigenvalue weighted by atomic mass is 16.5. The molecule has 5 heteroatoms. The molecule has 90 valence electrons. The Morgan fingerprint density at radius 1 is 1.24 bits per heavy atom. The Bertz CT molecular complexity index is 587. The Morgan fingerprint density at radius 3 is 2.35 bits per heavy atom. The second kappa shape index (κ2) is 4.01. The molecule has 1 aromatic carbocycles. The van der Waals surface area contributed by atoms with Crippen LogP contribution in [0.1, 0.15) is 16.1 Å². The number of H-pyrrole nitrogens is 1. The number of carbonyl (C=O) groups is 1. The molecule has 0 aliphatic carbocycles. The molecule has 2 rings (SSSR count). The minimum atomic E-state index is -0.457. The molecular weight excluding hydrogens is 220 g/mol. The Morgan fingerprint density at radius 2 is 1.82 bits per heavy atom. The molecule has 3 N–H and O–H groups in total. The van der Waals surface area contributed by atoms with Crippen molar-refractivity contribution in [1.29, 1.82) is 0 Å². The highest BCUT2D eigenvalue weighted by molar-refractivity contribution is 6.08. The molecule has 2 aromatic rings. The third-order valence-corrected chi connectivity index (χ3v) is 2.74. The average Bonchev–Trinajstić information content (AvgIpc) is 2.61.